The zero-order valence-corrected chi connectivity index (χ0v) is 8.17. The molecule has 2 amide bonds. The van der Waals surface area contributed by atoms with E-state index in [4.69, 9.17) is 0 Å². The fourth-order valence-corrected chi connectivity index (χ4v) is 1.62. The lowest BCUT2D eigenvalue weighted by atomic mass is 10.2. The number of likely N-dealkylation sites (tertiary alicyclic amines) is 1. The van der Waals surface area contributed by atoms with Gasteiger partial charge in [0, 0.05) is 32.5 Å². The topological polar surface area (TPSA) is 49.4 Å². The van der Waals surface area contributed by atoms with Gasteiger partial charge in [-0.25, -0.2) is 0 Å². The Morgan fingerprint density at radius 1 is 1.54 bits per heavy atom. The predicted molar refractivity (Wildman–Crippen MR) is 49.1 cm³/mol. The molecule has 0 saturated carbocycles. The summed E-state index contributed by atoms with van der Waals surface area (Å²) in [5, 5.41) is 2.82. The molecular formula is C9H16N2O2. The first-order chi connectivity index (χ1) is 6.13. The second kappa shape index (κ2) is 4.25. The van der Waals surface area contributed by atoms with Gasteiger partial charge in [-0.2, -0.15) is 0 Å². The smallest absolute Gasteiger partial charge is 0.222 e. The fraction of sp³-hybridized carbons (Fsp3) is 0.778. The Hall–Kier alpha value is -1.06. The van der Waals surface area contributed by atoms with Crippen LogP contribution >= 0.6 is 0 Å². The van der Waals surface area contributed by atoms with Crippen molar-refractivity contribution in [2.45, 2.75) is 32.7 Å². The van der Waals surface area contributed by atoms with E-state index in [1.54, 1.807) is 4.90 Å². The average molecular weight is 184 g/mol. The van der Waals surface area contributed by atoms with E-state index >= 15 is 0 Å². The van der Waals surface area contributed by atoms with Gasteiger partial charge in [-0.05, 0) is 6.42 Å². The fourth-order valence-electron chi connectivity index (χ4n) is 1.62. The monoisotopic (exact) mass is 184 g/mol. The van der Waals surface area contributed by atoms with E-state index in [2.05, 4.69) is 5.32 Å². The van der Waals surface area contributed by atoms with Gasteiger partial charge in [-0.3, -0.25) is 9.59 Å². The Kier molecular flexibility index (Phi) is 3.28. The van der Waals surface area contributed by atoms with Crippen molar-refractivity contribution in [2.75, 3.05) is 13.1 Å². The average Bonchev–Trinajstić information content (AvgIpc) is 2.50. The van der Waals surface area contributed by atoms with Crippen LogP contribution in [0.1, 0.15) is 26.7 Å². The van der Waals surface area contributed by atoms with Crippen LogP contribution < -0.4 is 5.32 Å². The molecule has 0 aliphatic carbocycles. The maximum atomic E-state index is 11.3. The number of amides is 2. The van der Waals surface area contributed by atoms with Crippen LogP contribution in [0.4, 0.5) is 0 Å². The summed E-state index contributed by atoms with van der Waals surface area (Å²) in [6.45, 7) is 4.81. The standard InChI is InChI=1S/C9H16N2O2/c1-3-9(13)11-5-4-8(6-11)10-7(2)12/h8H,3-6H2,1-2H3,(H,10,12). The highest BCUT2D eigenvalue weighted by atomic mass is 16.2. The summed E-state index contributed by atoms with van der Waals surface area (Å²) in [6.07, 6.45) is 1.43. The molecule has 0 aromatic heterocycles. The Morgan fingerprint density at radius 3 is 2.77 bits per heavy atom. The molecule has 13 heavy (non-hydrogen) atoms. The van der Waals surface area contributed by atoms with Crippen molar-refractivity contribution in [2.24, 2.45) is 0 Å². The maximum absolute atomic E-state index is 11.3. The maximum Gasteiger partial charge on any atom is 0.222 e. The van der Waals surface area contributed by atoms with E-state index in [1.807, 2.05) is 6.92 Å². The van der Waals surface area contributed by atoms with Gasteiger partial charge in [0.25, 0.3) is 0 Å². The van der Waals surface area contributed by atoms with E-state index in [0.29, 0.717) is 13.0 Å². The van der Waals surface area contributed by atoms with Crippen molar-refractivity contribution in [1.29, 1.82) is 0 Å². The van der Waals surface area contributed by atoms with Crippen LogP contribution in [0.3, 0.4) is 0 Å². The largest absolute Gasteiger partial charge is 0.352 e. The molecular weight excluding hydrogens is 168 g/mol. The second-order valence-corrected chi connectivity index (χ2v) is 3.38. The molecule has 0 spiro atoms. The van der Waals surface area contributed by atoms with Crippen LogP contribution in [-0.4, -0.2) is 35.8 Å². The van der Waals surface area contributed by atoms with Crippen LogP contribution in [0.15, 0.2) is 0 Å². The van der Waals surface area contributed by atoms with Crippen LogP contribution in [0.5, 0.6) is 0 Å². The first-order valence-corrected chi connectivity index (χ1v) is 4.68. The number of carbonyl (C=O) groups excluding carboxylic acids is 2. The Labute approximate surface area is 78.3 Å². The van der Waals surface area contributed by atoms with E-state index in [1.165, 1.54) is 6.92 Å². The molecule has 0 aromatic carbocycles. The lowest BCUT2D eigenvalue weighted by Crippen LogP contribution is -2.37. The third-order valence-corrected chi connectivity index (χ3v) is 2.25. The second-order valence-electron chi connectivity index (χ2n) is 3.38. The van der Waals surface area contributed by atoms with E-state index in [0.717, 1.165) is 13.0 Å². The van der Waals surface area contributed by atoms with Crippen LogP contribution in [-0.2, 0) is 9.59 Å². The SMILES string of the molecule is CCC(=O)N1CCC(NC(C)=O)C1. The number of rotatable bonds is 2. The van der Waals surface area contributed by atoms with Crippen molar-refractivity contribution >= 4 is 11.8 Å². The highest BCUT2D eigenvalue weighted by molar-refractivity contribution is 5.77. The summed E-state index contributed by atoms with van der Waals surface area (Å²) in [7, 11) is 0. The minimum absolute atomic E-state index is 0.0178. The Bertz CT molecular complexity index is 216. The third kappa shape index (κ3) is 2.72. The molecule has 74 valence electrons. The lowest BCUT2D eigenvalue weighted by molar-refractivity contribution is -0.130. The first-order valence-electron chi connectivity index (χ1n) is 4.68. The molecule has 4 nitrogen and oxygen atoms in total. The summed E-state index contributed by atoms with van der Waals surface area (Å²) in [5.41, 5.74) is 0. The predicted octanol–water partition coefficient (Wildman–Crippen LogP) is 0.133. The molecule has 0 radical (unpaired) electrons. The molecule has 1 atom stereocenters. The minimum Gasteiger partial charge on any atom is -0.352 e. The van der Waals surface area contributed by atoms with Gasteiger partial charge in [0.1, 0.15) is 0 Å². The molecule has 1 fully saturated rings. The Morgan fingerprint density at radius 2 is 2.23 bits per heavy atom. The van der Waals surface area contributed by atoms with Gasteiger partial charge in [0.2, 0.25) is 11.8 Å². The van der Waals surface area contributed by atoms with Gasteiger partial charge in [0.15, 0.2) is 0 Å². The third-order valence-electron chi connectivity index (χ3n) is 2.25. The van der Waals surface area contributed by atoms with E-state index in [-0.39, 0.29) is 17.9 Å². The highest BCUT2D eigenvalue weighted by Gasteiger charge is 2.25. The van der Waals surface area contributed by atoms with E-state index < -0.39 is 0 Å². The number of nitrogens with zero attached hydrogens (tertiary/aromatic N) is 1. The van der Waals surface area contributed by atoms with Crippen LogP contribution in [0, 0.1) is 0 Å². The molecule has 1 unspecified atom stereocenters. The van der Waals surface area contributed by atoms with Gasteiger partial charge < -0.3 is 10.2 Å². The van der Waals surface area contributed by atoms with Gasteiger partial charge in [-0.15, -0.1) is 0 Å². The molecule has 4 heteroatoms. The molecule has 1 saturated heterocycles. The number of nitrogens with one attached hydrogen (secondary N) is 1. The number of hydrogen-bond acceptors (Lipinski definition) is 2. The minimum atomic E-state index is -0.0178. The summed E-state index contributed by atoms with van der Waals surface area (Å²) >= 11 is 0. The normalized spacial score (nSPS) is 21.7. The molecule has 0 bridgehead atoms. The van der Waals surface area contributed by atoms with Crippen molar-refractivity contribution < 1.29 is 9.59 Å². The Balaban J connectivity index is 2.36. The zero-order chi connectivity index (χ0) is 9.84. The van der Waals surface area contributed by atoms with Crippen molar-refractivity contribution in [3.63, 3.8) is 0 Å². The summed E-state index contributed by atoms with van der Waals surface area (Å²) in [5.74, 6) is 0.156. The summed E-state index contributed by atoms with van der Waals surface area (Å²) in [6, 6.07) is 0.160. The molecule has 1 rings (SSSR count). The molecule has 0 aromatic rings. The lowest BCUT2D eigenvalue weighted by Gasteiger charge is -2.15. The van der Waals surface area contributed by atoms with Crippen molar-refractivity contribution in [1.82, 2.24) is 10.2 Å². The molecule has 1 N–H and O–H groups in total. The van der Waals surface area contributed by atoms with E-state index in [9.17, 15) is 9.59 Å². The van der Waals surface area contributed by atoms with Crippen molar-refractivity contribution in [3.8, 4) is 0 Å². The summed E-state index contributed by atoms with van der Waals surface area (Å²) < 4.78 is 0. The zero-order valence-electron chi connectivity index (χ0n) is 8.17. The molecule has 1 aliphatic rings. The van der Waals surface area contributed by atoms with Gasteiger partial charge in [0.05, 0.1) is 0 Å². The highest BCUT2D eigenvalue weighted by Crippen LogP contribution is 2.09. The molecule has 1 aliphatic heterocycles. The summed E-state index contributed by atoms with van der Waals surface area (Å²) in [4.78, 5) is 23.8. The van der Waals surface area contributed by atoms with Gasteiger partial charge >= 0.3 is 0 Å². The number of carbonyl (C=O) groups is 2. The van der Waals surface area contributed by atoms with Gasteiger partial charge in [-0.1, -0.05) is 6.92 Å². The quantitative estimate of drug-likeness (QED) is 0.663. The van der Waals surface area contributed by atoms with Crippen LogP contribution in [0.2, 0.25) is 0 Å². The molecule has 1 heterocycles. The first kappa shape index (κ1) is 10.0. The van der Waals surface area contributed by atoms with Crippen molar-refractivity contribution in [3.05, 3.63) is 0 Å². The number of hydrogen-bond donors (Lipinski definition) is 1. The van der Waals surface area contributed by atoms with Crippen LogP contribution in [0.25, 0.3) is 0 Å².